The van der Waals surface area contributed by atoms with Gasteiger partial charge in [0.2, 0.25) is 0 Å². The molecule has 0 amide bonds. The first-order valence-electron chi connectivity index (χ1n) is 3.56. The number of hydrogen-bond donors (Lipinski definition) is 1. The smallest absolute Gasteiger partial charge is 0.0814 e. The summed E-state index contributed by atoms with van der Waals surface area (Å²) >= 11 is 0. The molecule has 1 N–H and O–H groups in total. The van der Waals surface area contributed by atoms with Crippen molar-refractivity contribution >= 4 is 0 Å². The van der Waals surface area contributed by atoms with Crippen LogP contribution < -0.4 is 5.06 Å². The lowest BCUT2D eigenvalue weighted by Gasteiger charge is -2.27. The molecule has 0 heterocycles. The van der Waals surface area contributed by atoms with Crippen LogP contribution in [0.4, 0.5) is 0 Å². The van der Waals surface area contributed by atoms with Crippen LogP contribution in [0.2, 0.25) is 0 Å². The summed E-state index contributed by atoms with van der Waals surface area (Å²) in [5.41, 5.74) is 0. The molecular formula is C7H17NO. The zero-order valence-corrected chi connectivity index (χ0v) is 6.77. The number of hydrogen-bond acceptors (Lipinski definition) is 1. The van der Waals surface area contributed by atoms with Crippen molar-refractivity contribution in [2.45, 2.75) is 33.7 Å². The minimum absolute atomic E-state index is 0.215. The standard InChI is InChI=1S/C7H17NO/c1-6(2)5-8(9)7(3)4/h6-8H,5H2,1-4H3. The molecule has 0 aliphatic carbocycles. The average molecular weight is 131 g/mol. The van der Waals surface area contributed by atoms with Gasteiger partial charge in [-0.1, -0.05) is 13.8 Å². The van der Waals surface area contributed by atoms with Crippen LogP contribution in [0, 0.1) is 11.1 Å². The second-order valence-electron chi connectivity index (χ2n) is 3.22. The van der Waals surface area contributed by atoms with Crippen LogP contribution >= 0.6 is 0 Å². The van der Waals surface area contributed by atoms with E-state index >= 15 is 0 Å². The van der Waals surface area contributed by atoms with Crippen molar-refractivity contribution in [1.29, 1.82) is 0 Å². The molecule has 0 aliphatic rings. The van der Waals surface area contributed by atoms with Gasteiger partial charge in [0.1, 0.15) is 0 Å². The number of nitrogens with one attached hydrogen (secondary N) is 1. The van der Waals surface area contributed by atoms with E-state index in [4.69, 9.17) is 0 Å². The molecule has 0 aromatic heterocycles. The Balaban J connectivity index is 3.38. The van der Waals surface area contributed by atoms with Gasteiger partial charge in [-0.05, 0) is 13.8 Å². The largest absolute Gasteiger partial charge is 0.634 e. The second-order valence-corrected chi connectivity index (χ2v) is 3.22. The lowest BCUT2D eigenvalue weighted by Crippen LogP contribution is -3.11. The quantitative estimate of drug-likeness (QED) is 0.553. The molecule has 2 heteroatoms. The Hall–Kier alpha value is -0.0800. The van der Waals surface area contributed by atoms with Crippen molar-refractivity contribution in [2.24, 2.45) is 5.92 Å². The molecule has 0 radical (unpaired) electrons. The molecule has 2 nitrogen and oxygen atoms in total. The highest BCUT2D eigenvalue weighted by atomic mass is 16.5. The highest BCUT2D eigenvalue weighted by molar-refractivity contribution is 4.41. The molecule has 0 saturated heterocycles. The van der Waals surface area contributed by atoms with Crippen molar-refractivity contribution in [1.82, 2.24) is 0 Å². The lowest BCUT2D eigenvalue weighted by atomic mass is 10.2. The van der Waals surface area contributed by atoms with E-state index in [-0.39, 0.29) is 6.04 Å². The van der Waals surface area contributed by atoms with Crippen LogP contribution in [-0.2, 0) is 0 Å². The van der Waals surface area contributed by atoms with Gasteiger partial charge in [-0.15, -0.1) is 0 Å². The fourth-order valence-corrected chi connectivity index (χ4v) is 0.638. The van der Waals surface area contributed by atoms with Crippen molar-refractivity contribution in [3.63, 3.8) is 0 Å². The van der Waals surface area contributed by atoms with E-state index in [0.717, 1.165) is 6.54 Å². The summed E-state index contributed by atoms with van der Waals surface area (Å²) in [6.07, 6.45) is 0. The number of rotatable bonds is 3. The summed E-state index contributed by atoms with van der Waals surface area (Å²) in [7, 11) is 0. The first kappa shape index (κ1) is 8.92. The van der Waals surface area contributed by atoms with Crippen LogP contribution in [0.1, 0.15) is 27.7 Å². The molecule has 56 valence electrons. The maximum Gasteiger partial charge on any atom is 0.0814 e. The Labute approximate surface area is 57.4 Å². The SMILES string of the molecule is CC(C)C[NH+]([O-])C(C)C. The van der Waals surface area contributed by atoms with Crippen LogP contribution in [0.15, 0.2) is 0 Å². The van der Waals surface area contributed by atoms with Gasteiger partial charge in [-0.2, -0.15) is 0 Å². The summed E-state index contributed by atoms with van der Waals surface area (Å²) in [5, 5.41) is 11.3. The maximum atomic E-state index is 11.0. The van der Waals surface area contributed by atoms with Crippen LogP contribution in [0.25, 0.3) is 0 Å². The van der Waals surface area contributed by atoms with Crippen molar-refractivity contribution in [3.8, 4) is 0 Å². The zero-order valence-electron chi connectivity index (χ0n) is 6.77. The first-order chi connectivity index (χ1) is 4.04. The van der Waals surface area contributed by atoms with Gasteiger partial charge >= 0.3 is 0 Å². The fraction of sp³-hybridized carbons (Fsp3) is 1.00. The van der Waals surface area contributed by atoms with E-state index in [1.165, 1.54) is 0 Å². The monoisotopic (exact) mass is 131 g/mol. The summed E-state index contributed by atoms with van der Waals surface area (Å²) in [5.74, 6) is 0.514. The second kappa shape index (κ2) is 3.85. The third-order valence-electron chi connectivity index (χ3n) is 1.25. The van der Waals surface area contributed by atoms with Crippen LogP contribution in [-0.4, -0.2) is 12.6 Å². The van der Waals surface area contributed by atoms with E-state index in [2.05, 4.69) is 13.8 Å². The molecule has 0 aliphatic heterocycles. The molecule has 0 aromatic rings. The van der Waals surface area contributed by atoms with E-state index in [1.807, 2.05) is 13.8 Å². The average Bonchev–Trinajstić information content (AvgIpc) is 1.63. The Morgan fingerprint density at radius 1 is 1.22 bits per heavy atom. The van der Waals surface area contributed by atoms with Crippen molar-refractivity contribution in [3.05, 3.63) is 5.21 Å². The molecule has 0 bridgehead atoms. The summed E-state index contributed by atoms with van der Waals surface area (Å²) in [6, 6.07) is 0.215. The molecule has 0 fully saturated rings. The third-order valence-corrected chi connectivity index (χ3v) is 1.25. The van der Waals surface area contributed by atoms with E-state index in [9.17, 15) is 5.21 Å². The highest BCUT2D eigenvalue weighted by Gasteiger charge is 2.03. The van der Waals surface area contributed by atoms with Gasteiger partial charge in [-0.25, -0.2) is 0 Å². The lowest BCUT2D eigenvalue weighted by molar-refractivity contribution is -0.874. The van der Waals surface area contributed by atoms with E-state index < -0.39 is 0 Å². The van der Waals surface area contributed by atoms with Gasteiger partial charge in [-0.3, -0.25) is 0 Å². The topological polar surface area (TPSA) is 27.5 Å². The maximum absolute atomic E-state index is 11.0. The Morgan fingerprint density at radius 2 is 1.67 bits per heavy atom. The predicted octanol–water partition coefficient (Wildman–Crippen LogP) is 0.434. The van der Waals surface area contributed by atoms with Crippen LogP contribution in [0.3, 0.4) is 0 Å². The Kier molecular flexibility index (Phi) is 3.82. The minimum atomic E-state index is 0.215. The van der Waals surface area contributed by atoms with E-state index in [1.54, 1.807) is 0 Å². The first-order valence-corrected chi connectivity index (χ1v) is 3.56. The van der Waals surface area contributed by atoms with Crippen molar-refractivity contribution in [2.75, 3.05) is 6.54 Å². The predicted molar refractivity (Wildman–Crippen MR) is 39.2 cm³/mol. The number of quaternary nitrogens is 1. The normalized spacial score (nSPS) is 15.0. The fourth-order valence-electron chi connectivity index (χ4n) is 0.638. The molecule has 1 unspecified atom stereocenters. The molecule has 0 saturated carbocycles. The molecule has 0 rings (SSSR count). The van der Waals surface area contributed by atoms with Gasteiger partial charge in [0.15, 0.2) is 0 Å². The minimum Gasteiger partial charge on any atom is -0.634 e. The Morgan fingerprint density at radius 3 is 1.78 bits per heavy atom. The zero-order chi connectivity index (χ0) is 7.44. The molecule has 0 spiro atoms. The summed E-state index contributed by atoms with van der Waals surface area (Å²) in [6.45, 7) is 8.77. The number of hydroxylamine groups is 2. The molecule has 0 aromatic carbocycles. The van der Waals surface area contributed by atoms with Gasteiger partial charge in [0, 0.05) is 5.92 Å². The summed E-state index contributed by atoms with van der Waals surface area (Å²) < 4.78 is 0. The van der Waals surface area contributed by atoms with Gasteiger partial charge in [0.05, 0.1) is 12.6 Å². The van der Waals surface area contributed by atoms with Gasteiger partial charge in [0.25, 0.3) is 0 Å². The molecular weight excluding hydrogens is 114 g/mol. The van der Waals surface area contributed by atoms with Crippen LogP contribution in [0.5, 0.6) is 0 Å². The summed E-state index contributed by atoms with van der Waals surface area (Å²) in [4.78, 5) is 0. The Bertz CT molecular complexity index is 71.3. The molecule has 9 heavy (non-hydrogen) atoms. The third kappa shape index (κ3) is 4.43. The van der Waals surface area contributed by atoms with Crippen molar-refractivity contribution < 1.29 is 5.06 Å². The molecule has 1 atom stereocenters. The highest BCUT2D eigenvalue weighted by Crippen LogP contribution is 1.84. The van der Waals surface area contributed by atoms with Gasteiger partial charge < -0.3 is 10.3 Å². The van der Waals surface area contributed by atoms with E-state index in [0.29, 0.717) is 11.0 Å².